The Morgan fingerprint density at radius 3 is 2.47 bits per heavy atom. The molecule has 0 radical (unpaired) electrons. The summed E-state index contributed by atoms with van der Waals surface area (Å²) in [6, 6.07) is 15.4. The van der Waals surface area contributed by atoms with Crippen molar-refractivity contribution < 1.29 is 0 Å². The molecule has 19 heavy (non-hydrogen) atoms. The van der Waals surface area contributed by atoms with Gasteiger partial charge in [-0.2, -0.15) is 0 Å². The van der Waals surface area contributed by atoms with Gasteiger partial charge in [0.25, 0.3) is 0 Å². The Hall–Kier alpha value is -2.08. The molecule has 0 amide bonds. The van der Waals surface area contributed by atoms with Crippen LogP contribution in [0.4, 0.5) is 0 Å². The molecule has 0 aromatic heterocycles. The van der Waals surface area contributed by atoms with E-state index in [2.05, 4.69) is 69.0 Å². The van der Waals surface area contributed by atoms with Gasteiger partial charge >= 0.3 is 0 Å². The van der Waals surface area contributed by atoms with Gasteiger partial charge in [0, 0.05) is 0 Å². The summed E-state index contributed by atoms with van der Waals surface area (Å²) in [5, 5.41) is 0. The molecular weight excluding hydrogens is 228 g/mol. The fourth-order valence-corrected chi connectivity index (χ4v) is 2.55. The fourth-order valence-electron chi connectivity index (χ4n) is 2.55. The summed E-state index contributed by atoms with van der Waals surface area (Å²) in [7, 11) is 0. The number of aryl methyl sites for hydroxylation is 1. The van der Waals surface area contributed by atoms with Crippen LogP contribution in [0, 0.1) is 6.92 Å². The summed E-state index contributed by atoms with van der Waals surface area (Å²) < 4.78 is 0. The van der Waals surface area contributed by atoms with Crippen molar-refractivity contribution in [2.75, 3.05) is 0 Å². The number of benzene rings is 2. The molecular formula is C19H18. The van der Waals surface area contributed by atoms with E-state index in [-0.39, 0.29) is 0 Å². The molecule has 0 unspecified atom stereocenters. The highest BCUT2D eigenvalue weighted by atomic mass is 14.2. The Labute approximate surface area is 115 Å². The minimum Gasteiger partial charge on any atom is -0.0955 e. The van der Waals surface area contributed by atoms with Crippen LogP contribution in [0.3, 0.4) is 0 Å². The molecule has 0 saturated heterocycles. The average Bonchev–Trinajstić information content (AvgIpc) is 2.82. The Balaban J connectivity index is 1.97. The van der Waals surface area contributed by atoms with Crippen molar-refractivity contribution in [2.24, 2.45) is 0 Å². The van der Waals surface area contributed by atoms with Gasteiger partial charge in [-0.05, 0) is 54.2 Å². The maximum Gasteiger partial charge on any atom is -0.00137 e. The van der Waals surface area contributed by atoms with Crippen LogP contribution in [0.15, 0.2) is 49.0 Å². The lowest BCUT2D eigenvalue weighted by atomic mass is 10.0. The number of hydrogen-bond donors (Lipinski definition) is 0. The second-order valence-electron chi connectivity index (χ2n) is 5.41. The first-order valence-corrected chi connectivity index (χ1v) is 6.70. The first-order chi connectivity index (χ1) is 9.13. The molecule has 0 saturated carbocycles. The molecule has 3 rings (SSSR count). The molecule has 1 aliphatic carbocycles. The minimum absolute atomic E-state index is 1.04. The largest absolute Gasteiger partial charge is 0.0955 e. The van der Waals surface area contributed by atoms with Gasteiger partial charge in [0.1, 0.15) is 0 Å². The molecule has 2 aromatic rings. The molecule has 0 nitrogen and oxygen atoms in total. The maximum absolute atomic E-state index is 4.02. The standard InChI is InChI=1S/C19H18/c1-13(2)16-8-9-17-11-18(12-19(17)10-16)15-6-4-14(3)5-7-15/h4-10,12H,1,11H2,2-3H3. The lowest BCUT2D eigenvalue weighted by Crippen LogP contribution is -1.87. The van der Waals surface area contributed by atoms with Crippen LogP contribution in [0.5, 0.6) is 0 Å². The van der Waals surface area contributed by atoms with Crippen LogP contribution in [0.1, 0.15) is 34.7 Å². The Bertz CT molecular complexity index is 670. The van der Waals surface area contributed by atoms with E-state index in [1.54, 1.807) is 0 Å². The Kier molecular flexibility index (Phi) is 2.87. The van der Waals surface area contributed by atoms with E-state index < -0.39 is 0 Å². The zero-order valence-corrected chi connectivity index (χ0v) is 11.5. The average molecular weight is 246 g/mol. The summed E-state index contributed by atoms with van der Waals surface area (Å²) in [6.45, 7) is 8.20. The van der Waals surface area contributed by atoms with Gasteiger partial charge in [-0.25, -0.2) is 0 Å². The SMILES string of the molecule is C=C(C)c1ccc2c(c1)C=C(c1ccc(C)cc1)C2. The van der Waals surface area contributed by atoms with Crippen LogP contribution in [0.2, 0.25) is 0 Å². The van der Waals surface area contributed by atoms with Crippen molar-refractivity contribution in [3.63, 3.8) is 0 Å². The lowest BCUT2D eigenvalue weighted by molar-refractivity contribution is 1.30. The highest BCUT2D eigenvalue weighted by Gasteiger charge is 2.14. The van der Waals surface area contributed by atoms with Crippen LogP contribution < -0.4 is 0 Å². The maximum atomic E-state index is 4.02. The molecule has 0 N–H and O–H groups in total. The van der Waals surface area contributed by atoms with E-state index >= 15 is 0 Å². The first kappa shape index (κ1) is 12.0. The zero-order valence-electron chi connectivity index (χ0n) is 11.5. The normalized spacial score (nSPS) is 13.1. The monoisotopic (exact) mass is 246 g/mol. The lowest BCUT2D eigenvalue weighted by Gasteiger charge is -2.04. The molecule has 0 fully saturated rings. The van der Waals surface area contributed by atoms with Gasteiger partial charge in [0.15, 0.2) is 0 Å². The fraction of sp³-hybridized carbons (Fsp3) is 0.158. The van der Waals surface area contributed by atoms with Crippen molar-refractivity contribution in [1.29, 1.82) is 0 Å². The van der Waals surface area contributed by atoms with Gasteiger partial charge in [-0.1, -0.05) is 60.2 Å². The van der Waals surface area contributed by atoms with Crippen LogP contribution >= 0.6 is 0 Å². The number of hydrogen-bond acceptors (Lipinski definition) is 0. The second-order valence-corrected chi connectivity index (χ2v) is 5.41. The Morgan fingerprint density at radius 1 is 1.05 bits per heavy atom. The highest BCUT2D eigenvalue weighted by Crippen LogP contribution is 2.33. The highest BCUT2D eigenvalue weighted by molar-refractivity contribution is 5.89. The molecule has 0 spiro atoms. The van der Waals surface area contributed by atoms with E-state index in [9.17, 15) is 0 Å². The third-order valence-corrected chi connectivity index (χ3v) is 3.77. The molecule has 0 bridgehead atoms. The molecule has 0 atom stereocenters. The van der Waals surface area contributed by atoms with Crippen molar-refractivity contribution in [3.05, 3.63) is 76.9 Å². The van der Waals surface area contributed by atoms with Crippen LogP contribution in [-0.2, 0) is 6.42 Å². The van der Waals surface area contributed by atoms with Crippen molar-refractivity contribution in [1.82, 2.24) is 0 Å². The predicted octanol–water partition coefficient (Wildman–Crippen LogP) is 5.12. The molecule has 94 valence electrons. The second kappa shape index (κ2) is 4.55. The first-order valence-electron chi connectivity index (χ1n) is 6.70. The third-order valence-electron chi connectivity index (χ3n) is 3.77. The number of allylic oxidation sites excluding steroid dienone is 2. The van der Waals surface area contributed by atoms with Gasteiger partial charge in [-0.3, -0.25) is 0 Å². The molecule has 0 heteroatoms. The smallest absolute Gasteiger partial charge is 0.00137 e. The van der Waals surface area contributed by atoms with Crippen molar-refractivity contribution >= 4 is 17.2 Å². The van der Waals surface area contributed by atoms with E-state index in [0.717, 1.165) is 12.0 Å². The van der Waals surface area contributed by atoms with E-state index in [0.29, 0.717) is 0 Å². The summed E-state index contributed by atoms with van der Waals surface area (Å²) in [5.41, 5.74) is 9.17. The molecule has 2 aromatic carbocycles. The molecule has 0 aliphatic heterocycles. The van der Waals surface area contributed by atoms with Gasteiger partial charge in [0.2, 0.25) is 0 Å². The molecule has 0 heterocycles. The summed E-state index contributed by atoms with van der Waals surface area (Å²) >= 11 is 0. The van der Waals surface area contributed by atoms with Crippen LogP contribution in [0.25, 0.3) is 17.2 Å². The van der Waals surface area contributed by atoms with Gasteiger partial charge in [-0.15, -0.1) is 0 Å². The summed E-state index contributed by atoms with van der Waals surface area (Å²) in [5.74, 6) is 0. The summed E-state index contributed by atoms with van der Waals surface area (Å²) in [4.78, 5) is 0. The third kappa shape index (κ3) is 2.26. The molecule has 1 aliphatic rings. The topological polar surface area (TPSA) is 0 Å². The quantitative estimate of drug-likeness (QED) is 0.689. The van der Waals surface area contributed by atoms with E-state index in [1.807, 2.05) is 0 Å². The van der Waals surface area contributed by atoms with Gasteiger partial charge in [0.05, 0.1) is 0 Å². The predicted molar refractivity (Wildman–Crippen MR) is 83.9 cm³/mol. The number of fused-ring (bicyclic) bond motifs is 1. The van der Waals surface area contributed by atoms with Crippen LogP contribution in [-0.4, -0.2) is 0 Å². The number of rotatable bonds is 2. The summed E-state index contributed by atoms with van der Waals surface area (Å²) in [6.07, 6.45) is 3.35. The Morgan fingerprint density at radius 2 is 1.79 bits per heavy atom. The van der Waals surface area contributed by atoms with E-state index in [4.69, 9.17) is 0 Å². The van der Waals surface area contributed by atoms with Crippen molar-refractivity contribution in [3.8, 4) is 0 Å². The van der Waals surface area contributed by atoms with Gasteiger partial charge < -0.3 is 0 Å². The zero-order chi connectivity index (χ0) is 13.4. The van der Waals surface area contributed by atoms with Crippen molar-refractivity contribution in [2.45, 2.75) is 20.3 Å². The minimum atomic E-state index is 1.04. The van der Waals surface area contributed by atoms with E-state index in [1.165, 1.54) is 33.4 Å².